The van der Waals surface area contributed by atoms with Crippen molar-refractivity contribution in [2.24, 2.45) is 0 Å². The van der Waals surface area contributed by atoms with Gasteiger partial charge in [0.25, 0.3) is 0 Å². The second-order valence-electron chi connectivity index (χ2n) is 4.50. The molecule has 94 valence electrons. The van der Waals surface area contributed by atoms with Crippen LogP contribution in [0.2, 0.25) is 0 Å². The molecule has 0 radical (unpaired) electrons. The van der Waals surface area contributed by atoms with Gasteiger partial charge in [0.1, 0.15) is 22.1 Å². The number of hydrogen-bond acceptors (Lipinski definition) is 1. The minimum Gasteiger partial charge on any atom is -0.326 e. The maximum Gasteiger partial charge on any atom is 0.126 e. The van der Waals surface area contributed by atoms with Crippen LogP contribution in [0.1, 0.15) is 30.3 Å². The summed E-state index contributed by atoms with van der Waals surface area (Å²) >= 11 is 3.34. The number of fused-ring (bicyclic) bond motifs is 1. The normalized spacial score (nSPS) is 18.7. The predicted molar refractivity (Wildman–Crippen MR) is 67.4 cm³/mol. The molecule has 0 bridgehead atoms. The van der Waals surface area contributed by atoms with Crippen LogP contribution >= 0.6 is 15.9 Å². The van der Waals surface area contributed by atoms with Gasteiger partial charge in [0.05, 0.1) is 6.04 Å². The van der Waals surface area contributed by atoms with Gasteiger partial charge in [0, 0.05) is 18.7 Å². The molecule has 0 spiro atoms. The Bertz CT molecular complexity index is 574. The number of aromatic nitrogens is 2. The number of halogens is 3. The van der Waals surface area contributed by atoms with E-state index in [0.717, 1.165) is 35.8 Å². The fourth-order valence-corrected chi connectivity index (χ4v) is 2.97. The summed E-state index contributed by atoms with van der Waals surface area (Å²) in [5.41, 5.74) is 0.665. The maximum atomic E-state index is 13.3. The van der Waals surface area contributed by atoms with Crippen LogP contribution in [-0.4, -0.2) is 9.55 Å². The first-order valence-corrected chi connectivity index (χ1v) is 6.62. The molecular formula is C13H11BrF2N2. The summed E-state index contributed by atoms with van der Waals surface area (Å²) in [5.74, 6) is -0.101. The van der Waals surface area contributed by atoms with Crippen LogP contribution in [0.25, 0.3) is 0 Å². The Labute approximate surface area is 112 Å². The summed E-state index contributed by atoms with van der Waals surface area (Å²) in [6.07, 6.45) is 4.63. The van der Waals surface area contributed by atoms with Gasteiger partial charge in [-0.1, -0.05) is 0 Å². The molecule has 0 saturated carbocycles. The molecule has 0 aliphatic carbocycles. The molecule has 1 aromatic carbocycles. The SMILES string of the molecule is Fc1cc(F)cc(C2CCCc3nc(Br)cn32)c1. The maximum absolute atomic E-state index is 13.3. The summed E-state index contributed by atoms with van der Waals surface area (Å²) in [6.45, 7) is 0. The van der Waals surface area contributed by atoms with Crippen molar-refractivity contribution in [2.75, 3.05) is 0 Å². The number of nitrogens with zero attached hydrogens (tertiary/aromatic N) is 2. The summed E-state index contributed by atoms with van der Waals surface area (Å²) in [6, 6.07) is 3.67. The fourth-order valence-electron chi connectivity index (χ4n) is 2.54. The number of imidazole rings is 1. The van der Waals surface area contributed by atoms with E-state index < -0.39 is 11.6 Å². The molecule has 2 nitrogen and oxygen atoms in total. The van der Waals surface area contributed by atoms with Crippen molar-refractivity contribution in [1.82, 2.24) is 9.55 Å². The highest BCUT2D eigenvalue weighted by atomic mass is 79.9. The lowest BCUT2D eigenvalue weighted by molar-refractivity contribution is 0.445. The Morgan fingerprint density at radius 3 is 2.67 bits per heavy atom. The van der Waals surface area contributed by atoms with Gasteiger partial charge in [-0.15, -0.1) is 0 Å². The van der Waals surface area contributed by atoms with E-state index in [-0.39, 0.29) is 6.04 Å². The molecule has 0 N–H and O–H groups in total. The summed E-state index contributed by atoms with van der Waals surface area (Å²) < 4.78 is 29.3. The van der Waals surface area contributed by atoms with E-state index in [4.69, 9.17) is 0 Å². The molecule has 1 aromatic heterocycles. The van der Waals surface area contributed by atoms with E-state index in [1.165, 1.54) is 12.1 Å². The second-order valence-corrected chi connectivity index (χ2v) is 5.31. The average molecular weight is 313 g/mol. The first-order valence-electron chi connectivity index (χ1n) is 5.83. The minimum absolute atomic E-state index is 0.0299. The van der Waals surface area contributed by atoms with Gasteiger partial charge in [-0.05, 0) is 46.5 Å². The van der Waals surface area contributed by atoms with Crippen LogP contribution in [0.15, 0.2) is 29.0 Å². The molecule has 18 heavy (non-hydrogen) atoms. The zero-order valence-electron chi connectivity index (χ0n) is 9.54. The first kappa shape index (κ1) is 11.8. The van der Waals surface area contributed by atoms with E-state index in [2.05, 4.69) is 20.9 Å². The van der Waals surface area contributed by atoms with Gasteiger partial charge in [-0.3, -0.25) is 0 Å². The van der Waals surface area contributed by atoms with E-state index in [0.29, 0.717) is 5.56 Å². The smallest absolute Gasteiger partial charge is 0.126 e. The lowest BCUT2D eigenvalue weighted by Crippen LogP contribution is -2.18. The monoisotopic (exact) mass is 312 g/mol. The zero-order chi connectivity index (χ0) is 12.7. The third-order valence-electron chi connectivity index (χ3n) is 3.26. The third-order valence-corrected chi connectivity index (χ3v) is 3.64. The molecular weight excluding hydrogens is 302 g/mol. The van der Waals surface area contributed by atoms with Gasteiger partial charge in [0.15, 0.2) is 0 Å². The van der Waals surface area contributed by atoms with Gasteiger partial charge < -0.3 is 4.57 Å². The van der Waals surface area contributed by atoms with Crippen LogP contribution in [0, 0.1) is 11.6 Å². The summed E-state index contributed by atoms with van der Waals surface area (Å²) in [5, 5.41) is 0. The Hall–Kier alpha value is -1.23. The van der Waals surface area contributed by atoms with Crippen LogP contribution < -0.4 is 0 Å². The Morgan fingerprint density at radius 1 is 1.22 bits per heavy atom. The third kappa shape index (κ3) is 2.07. The van der Waals surface area contributed by atoms with E-state index in [9.17, 15) is 8.78 Å². The zero-order valence-corrected chi connectivity index (χ0v) is 11.1. The Balaban J connectivity index is 2.07. The average Bonchev–Trinajstić information content (AvgIpc) is 2.67. The lowest BCUT2D eigenvalue weighted by Gasteiger charge is -2.25. The van der Waals surface area contributed by atoms with E-state index in [1.807, 2.05) is 10.8 Å². The van der Waals surface area contributed by atoms with Gasteiger partial charge in [-0.25, -0.2) is 13.8 Å². The molecule has 1 unspecified atom stereocenters. The summed E-state index contributed by atoms with van der Waals surface area (Å²) in [4.78, 5) is 4.36. The number of rotatable bonds is 1. The minimum atomic E-state index is -0.531. The van der Waals surface area contributed by atoms with Crippen molar-refractivity contribution in [2.45, 2.75) is 25.3 Å². The van der Waals surface area contributed by atoms with Crippen molar-refractivity contribution < 1.29 is 8.78 Å². The van der Waals surface area contributed by atoms with Crippen molar-refractivity contribution in [3.05, 3.63) is 52.0 Å². The quantitative estimate of drug-likeness (QED) is 0.782. The van der Waals surface area contributed by atoms with Crippen LogP contribution in [0.4, 0.5) is 8.78 Å². The van der Waals surface area contributed by atoms with Crippen molar-refractivity contribution in [3.8, 4) is 0 Å². The molecule has 5 heteroatoms. The van der Waals surface area contributed by atoms with Crippen molar-refractivity contribution in [1.29, 1.82) is 0 Å². The number of benzene rings is 1. The van der Waals surface area contributed by atoms with Crippen LogP contribution in [-0.2, 0) is 6.42 Å². The van der Waals surface area contributed by atoms with Gasteiger partial charge >= 0.3 is 0 Å². The van der Waals surface area contributed by atoms with E-state index >= 15 is 0 Å². The van der Waals surface area contributed by atoms with E-state index in [1.54, 1.807) is 0 Å². The first-order chi connectivity index (χ1) is 8.63. The predicted octanol–water partition coefficient (Wildman–Crippen LogP) is 3.85. The Morgan fingerprint density at radius 2 is 1.94 bits per heavy atom. The molecule has 0 fully saturated rings. The molecule has 1 aliphatic rings. The summed E-state index contributed by atoms with van der Waals surface area (Å²) in [7, 11) is 0. The Kier molecular flexibility index (Phi) is 2.93. The van der Waals surface area contributed by atoms with Crippen LogP contribution in [0.3, 0.4) is 0 Å². The fraction of sp³-hybridized carbons (Fsp3) is 0.308. The van der Waals surface area contributed by atoms with Crippen molar-refractivity contribution >= 4 is 15.9 Å². The van der Waals surface area contributed by atoms with Gasteiger partial charge in [0.2, 0.25) is 0 Å². The highest BCUT2D eigenvalue weighted by Gasteiger charge is 2.23. The van der Waals surface area contributed by atoms with Gasteiger partial charge in [-0.2, -0.15) is 0 Å². The largest absolute Gasteiger partial charge is 0.326 e. The molecule has 1 atom stereocenters. The second kappa shape index (κ2) is 4.46. The highest BCUT2D eigenvalue weighted by Crippen LogP contribution is 2.32. The topological polar surface area (TPSA) is 17.8 Å². The van der Waals surface area contributed by atoms with Crippen LogP contribution in [0.5, 0.6) is 0 Å². The molecule has 0 amide bonds. The lowest BCUT2D eigenvalue weighted by atomic mass is 9.97. The molecule has 0 saturated heterocycles. The number of hydrogen-bond donors (Lipinski definition) is 0. The molecule has 2 heterocycles. The molecule has 3 rings (SSSR count). The highest BCUT2D eigenvalue weighted by molar-refractivity contribution is 9.10. The molecule has 1 aliphatic heterocycles. The van der Waals surface area contributed by atoms with Crippen molar-refractivity contribution in [3.63, 3.8) is 0 Å². The molecule has 2 aromatic rings. The number of aryl methyl sites for hydroxylation is 1. The standard InChI is InChI=1S/C13H11BrF2N2/c14-12-7-18-11(2-1-3-13(18)17-12)8-4-9(15)6-10(16)5-8/h4-7,11H,1-3H2.